The van der Waals surface area contributed by atoms with Crippen molar-refractivity contribution in [1.82, 2.24) is 10.2 Å². The number of nitrogens with zero attached hydrogens (tertiary/aromatic N) is 1. The average molecular weight is 352 g/mol. The van der Waals surface area contributed by atoms with Crippen LogP contribution in [-0.4, -0.2) is 42.6 Å². The molecule has 4 nitrogen and oxygen atoms in total. The van der Waals surface area contributed by atoms with Crippen molar-refractivity contribution in [3.05, 3.63) is 71.8 Å². The molecule has 3 rings (SSSR count). The molecule has 1 aliphatic heterocycles. The zero-order valence-electron chi connectivity index (χ0n) is 15.4. The van der Waals surface area contributed by atoms with Crippen molar-refractivity contribution in [3.63, 3.8) is 0 Å². The minimum atomic E-state index is -0.977. The number of amides is 1. The second kappa shape index (κ2) is 8.47. The summed E-state index contributed by atoms with van der Waals surface area (Å²) in [6.07, 6.45) is 2.35. The number of hydrogen-bond acceptors (Lipinski definition) is 3. The van der Waals surface area contributed by atoms with Crippen LogP contribution in [0.25, 0.3) is 0 Å². The summed E-state index contributed by atoms with van der Waals surface area (Å²) in [7, 11) is 1.68. The Morgan fingerprint density at radius 2 is 1.54 bits per heavy atom. The minimum absolute atomic E-state index is 0.0807. The van der Waals surface area contributed by atoms with Crippen molar-refractivity contribution in [2.75, 3.05) is 26.7 Å². The van der Waals surface area contributed by atoms with Crippen molar-refractivity contribution < 1.29 is 9.90 Å². The number of aliphatic hydroxyl groups is 1. The molecular formula is C22H28N2O2. The first kappa shape index (κ1) is 18.6. The number of carbonyl (C=O) groups is 1. The van der Waals surface area contributed by atoms with E-state index >= 15 is 0 Å². The Kier molecular flexibility index (Phi) is 6.07. The van der Waals surface area contributed by atoms with Crippen LogP contribution in [0.5, 0.6) is 0 Å². The van der Waals surface area contributed by atoms with Gasteiger partial charge in [-0.3, -0.25) is 4.79 Å². The van der Waals surface area contributed by atoms with E-state index in [1.165, 1.54) is 0 Å². The fourth-order valence-corrected chi connectivity index (χ4v) is 3.98. The third-order valence-corrected chi connectivity index (χ3v) is 5.54. The maximum absolute atomic E-state index is 11.8. The average Bonchev–Trinajstić information content (AvgIpc) is 2.73. The smallest absolute Gasteiger partial charge is 0.221 e. The molecule has 4 heteroatoms. The maximum atomic E-state index is 11.8. The fraction of sp³-hybridized carbons (Fsp3) is 0.409. The van der Waals surface area contributed by atoms with Crippen LogP contribution in [0.1, 0.15) is 30.4 Å². The zero-order valence-corrected chi connectivity index (χ0v) is 15.4. The van der Waals surface area contributed by atoms with E-state index in [0.717, 1.165) is 43.6 Å². The van der Waals surface area contributed by atoms with Gasteiger partial charge in [0, 0.05) is 20.0 Å². The zero-order chi connectivity index (χ0) is 18.4. The quantitative estimate of drug-likeness (QED) is 0.841. The molecule has 26 heavy (non-hydrogen) atoms. The molecular weight excluding hydrogens is 324 g/mol. The Bertz CT molecular complexity index is 655. The minimum Gasteiger partial charge on any atom is -0.380 e. The van der Waals surface area contributed by atoms with Gasteiger partial charge in [0.2, 0.25) is 5.91 Å². The Labute approximate surface area is 155 Å². The van der Waals surface area contributed by atoms with Gasteiger partial charge in [0.05, 0.1) is 0 Å². The summed E-state index contributed by atoms with van der Waals surface area (Å²) in [6, 6.07) is 20.0. The summed E-state index contributed by atoms with van der Waals surface area (Å²) >= 11 is 0. The van der Waals surface area contributed by atoms with Crippen molar-refractivity contribution in [3.8, 4) is 0 Å². The highest BCUT2D eigenvalue weighted by atomic mass is 16.3. The molecule has 0 radical (unpaired) electrons. The number of nitrogens with one attached hydrogen (secondary N) is 1. The van der Waals surface area contributed by atoms with Crippen molar-refractivity contribution in [2.24, 2.45) is 5.92 Å². The van der Waals surface area contributed by atoms with Gasteiger partial charge in [0.15, 0.2) is 0 Å². The second-order valence-electron chi connectivity index (χ2n) is 7.04. The van der Waals surface area contributed by atoms with Gasteiger partial charge >= 0.3 is 0 Å². The van der Waals surface area contributed by atoms with Crippen LogP contribution in [0, 0.1) is 5.92 Å². The number of benzene rings is 2. The molecule has 2 aromatic carbocycles. The molecule has 2 aromatic rings. The molecule has 1 saturated heterocycles. The van der Waals surface area contributed by atoms with E-state index in [2.05, 4.69) is 10.2 Å². The normalized spacial score (nSPS) is 16.4. The van der Waals surface area contributed by atoms with Gasteiger partial charge < -0.3 is 15.3 Å². The van der Waals surface area contributed by atoms with E-state index in [1.807, 2.05) is 60.7 Å². The van der Waals surface area contributed by atoms with E-state index < -0.39 is 5.60 Å². The first-order valence-corrected chi connectivity index (χ1v) is 9.41. The van der Waals surface area contributed by atoms with Crippen molar-refractivity contribution in [1.29, 1.82) is 0 Å². The van der Waals surface area contributed by atoms with Crippen LogP contribution in [0.3, 0.4) is 0 Å². The lowest BCUT2D eigenvalue weighted by molar-refractivity contribution is -0.121. The Hall–Kier alpha value is -2.17. The topological polar surface area (TPSA) is 52.6 Å². The molecule has 1 aliphatic rings. The van der Waals surface area contributed by atoms with Crippen LogP contribution >= 0.6 is 0 Å². The number of carbonyl (C=O) groups excluding carboxylic acids is 1. The van der Waals surface area contributed by atoms with E-state index in [4.69, 9.17) is 0 Å². The Balaban J connectivity index is 1.77. The van der Waals surface area contributed by atoms with Gasteiger partial charge in [-0.15, -0.1) is 0 Å². The third-order valence-electron chi connectivity index (χ3n) is 5.54. The van der Waals surface area contributed by atoms with Gasteiger partial charge in [-0.25, -0.2) is 0 Å². The van der Waals surface area contributed by atoms with E-state index in [9.17, 15) is 9.90 Å². The number of piperidine rings is 1. The number of rotatable bonds is 6. The third kappa shape index (κ3) is 3.97. The van der Waals surface area contributed by atoms with Crippen LogP contribution in [-0.2, 0) is 10.4 Å². The fourth-order valence-electron chi connectivity index (χ4n) is 3.98. The van der Waals surface area contributed by atoms with Crippen LogP contribution in [0.15, 0.2) is 60.7 Å². The second-order valence-corrected chi connectivity index (χ2v) is 7.04. The highest BCUT2D eigenvalue weighted by Gasteiger charge is 2.41. The number of hydrogen-bond donors (Lipinski definition) is 2. The summed E-state index contributed by atoms with van der Waals surface area (Å²) in [5.41, 5.74) is 0.931. The Morgan fingerprint density at radius 3 is 2.00 bits per heavy atom. The number of likely N-dealkylation sites (tertiary alicyclic amines) is 1. The lowest BCUT2D eigenvalue weighted by Gasteiger charge is -2.42. The summed E-state index contributed by atoms with van der Waals surface area (Å²) in [6.45, 7) is 2.59. The molecule has 0 unspecified atom stereocenters. The maximum Gasteiger partial charge on any atom is 0.221 e. The summed E-state index contributed by atoms with van der Waals surface area (Å²) < 4.78 is 0. The van der Waals surface area contributed by atoms with Gasteiger partial charge in [0.1, 0.15) is 5.60 Å². The molecule has 1 amide bonds. The Morgan fingerprint density at radius 1 is 1.04 bits per heavy atom. The monoisotopic (exact) mass is 352 g/mol. The van der Waals surface area contributed by atoms with E-state index in [-0.39, 0.29) is 11.8 Å². The molecule has 2 N–H and O–H groups in total. The molecule has 0 aromatic heterocycles. The largest absolute Gasteiger partial charge is 0.380 e. The molecule has 138 valence electrons. The molecule has 1 fully saturated rings. The van der Waals surface area contributed by atoms with E-state index in [0.29, 0.717) is 6.42 Å². The molecule has 0 bridgehead atoms. The van der Waals surface area contributed by atoms with Crippen LogP contribution in [0.4, 0.5) is 0 Å². The van der Waals surface area contributed by atoms with Crippen molar-refractivity contribution in [2.45, 2.75) is 24.9 Å². The predicted octanol–water partition coefficient (Wildman–Crippen LogP) is 2.77. The summed E-state index contributed by atoms with van der Waals surface area (Å²) in [5.74, 6) is 0.237. The highest BCUT2D eigenvalue weighted by molar-refractivity contribution is 5.75. The van der Waals surface area contributed by atoms with Crippen LogP contribution < -0.4 is 5.32 Å². The predicted molar refractivity (Wildman–Crippen MR) is 104 cm³/mol. The lowest BCUT2D eigenvalue weighted by atomic mass is 9.72. The lowest BCUT2D eigenvalue weighted by Crippen LogP contribution is -2.44. The molecule has 0 saturated carbocycles. The first-order chi connectivity index (χ1) is 12.6. The van der Waals surface area contributed by atoms with Gasteiger partial charge in [-0.05, 0) is 43.0 Å². The highest BCUT2D eigenvalue weighted by Crippen LogP contribution is 2.41. The van der Waals surface area contributed by atoms with Crippen LogP contribution in [0.2, 0.25) is 0 Å². The molecule has 0 atom stereocenters. The molecule has 0 aliphatic carbocycles. The van der Waals surface area contributed by atoms with Crippen molar-refractivity contribution >= 4 is 5.91 Å². The molecule has 1 heterocycles. The summed E-state index contributed by atoms with van der Waals surface area (Å²) in [4.78, 5) is 13.8. The first-order valence-electron chi connectivity index (χ1n) is 9.41. The SMILES string of the molecule is CNC(=O)CCN1CCC(C(O)(c2ccccc2)c2ccccc2)CC1. The van der Waals surface area contributed by atoms with Gasteiger partial charge in [-0.2, -0.15) is 0 Å². The summed E-state index contributed by atoms with van der Waals surface area (Å²) in [5, 5.41) is 14.5. The van der Waals surface area contributed by atoms with E-state index in [1.54, 1.807) is 7.05 Å². The van der Waals surface area contributed by atoms with Gasteiger partial charge in [0.25, 0.3) is 0 Å². The molecule has 0 spiro atoms. The standard InChI is InChI=1S/C22H28N2O2/c1-23-21(25)14-17-24-15-12-20(13-16-24)22(26,18-8-4-2-5-9-18)19-10-6-3-7-11-19/h2-11,20,26H,12-17H2,1H3,(H,23,25). The van der Waals surface area contributed by atoms with Gasteiger partial charge in [-0.1, -0.05) is 60.7 Å².